The molecule has 26 heavy (non-hydrogen) atoms. The second kappa shape index (κ2) is 7.28. The number of carbonyl (C=O) groups excluding carboxylic acids is 1. The van der Waals surface area contributed by atoms with Gasteiger partial charge in [0.15, 0.2) is 0 Å². The fraction of sp³-hybridized carbons (Fsp3) is 0.263. The van der Waals surface area contributed by atoms with Gasteiger partial charge in [-0.15, -0.1) is 0 Å². The Hall–Kier alpha value is -2.69. The molecule has 0 spiro atoms. The van der Waals surface area contributed by atoms with Crippen LogP contribution in [-0.4, -0.2) is 49.7 Å². The molecule has 0 unspecified atom stereocenters. The molecule has 0 aliphatic carbocycles. The van der Waals surface area contributed by atoms with E-state index < -0.39 is 10.0 Å². The summed E-state index contributed by atoms with van der Waals surface area (Å²) in [6.07, 6.45) is 0. The van der Waals surface area contributed by atoms with Crippen LogP contribution >= 0.6 is 0 Å². The first-order valence-corrected chi connectivity index (χ1v) is 9.73. The number of nitrogens with zero attached hydrogens (tertiary/aromatic N) is 3. The Balaban J connectivity index is 1.73. The molecule has 6 nitrogen and oxygen atoms in total. The number of hydrogen-bond acceptors (Lipinski definition) is 4. The Kier molecular flexibility index (Phi) is 5.07. The molecule has 0 radical (unpaired) electrons. The highest BCUT2D eigenvalue weighted by Crippen LogP contribution is 2.21. The average molecular weight is 369 g/mol. The molecule has 1 saturated heterocycles. The van der Waals surface area contributed by atoms with Crippen molar-refractivity contribution in [1.82, 2.24) is 9.21 Å². The van der Waals surface area contributed by atoms with Crippen LogP contribution in [0.5, 0.6) is 0 Å². The van der Waals surface area contributed by atoms with E-state index in [0.29, 0.717) is 18.7 Å². The van der Waals surface area contributed by atoms with Gasteiger partial charge in [-0.2, -0.15) is 9.57 Å². The minimum atomic E-state index is -3.75. The number of nitriles is 1. The lowest BCUT2D eigenvalue weighted by Gasteiger charge is -2.34. The number of rotatable bonds is 3. The molecule has 2 aromatic rings. The van der Waals surface area contributed by atoms with Crippen LogP contribution in [0.15, 0.2) is 53.4 Å². The summed E-state index contributed by atoms with van der Waals surface area (Å²) in [6.45, 7) is 3.01. The molecule has 3 rings (SSSR count). The van der Waals surface area contributed by atoms with E-state index in [0.717, 1.165) is 5.56 Å². The lowest BCUT2D eigenvalue weighted by molar-refractivity contribution is 0.0698. The highest BCUT2D eigenvalue weighted by molar-refractivity contribution is 7.89. The third-order valence-corrected chi connectivity index (χ3v) is 6.41. The lowest BCUT2D eigenvalue weighted by Crippen LogP contribution is -2.50. The van der Waals surface area contributed by atoms with Crippen molar-refractivity contribution in [2.45, 2.75) is 11.8 Å². The van der Waals surface area contributed by atoms with E-state index in [4.69, 9.17) is 5.26 Å². The van der Waals surface area contributed by atoms with Crippen molar-refractivity contribution < 1.29 is 13.2 Å². The number of benzene rings is 2. The van der Waals surface area contributed by atoms with Gasteiger partial charge < -0.3 is 4.90 Å². The van der Waals surface area contributed by atoms with Gasteiger partial charge in [-0.3, -0.25) is 4.79 Å². The second-order valence-corrected chi connectivity index (χ2v) is 8.08. The van der Waals surface area contributed by atoms with E-state index in [9.17, 15) is 13.2 Å². The zero-order valence-corrected chi connectivity index (χ0v) is 15.2. The van der Waals surface area contributed by atoms with Crippen LogP contribution in [0, 0.1) is 18.3 Å². The standard InChI is InChI=1S/C19H19N3O3S/c1-15-6-8-16(9-7-15)19(23)21-10-12-22(13-11-21)26(24,25)18-5-3-2-4-17(18)14-20/h2-9H,10-13H2,1H3. The average Bonchev–Trinajstić information content (AvgIpc) is 2.68. The van der Waals surface area contributed by atoms with Gasteiger partial charge in [-0.05, 0) is 31.2 Å². The summed E-state index contributed by atoms with van der Waals surface area (Å²) in [5, 5.41) is 9.15. The molecule has 1 heterocycles. The van der Waals surface area contributed by atoms with Crippen molar-refractivity contribution >= 4 is 15.9 Å². The fourth-order valence-corrected chi connectivity index (χ4v) is 4.50. The van der Waals surface area contributed by atoms with E-state index in [2.05, 4.69) is 0 Å². The maximum absolute atomic E-state index is 12.8. The summed E-state index contributed by atoms with van der Waals surface area (Å²) >= 11 is 0. The zero-order chi connectivity index (χ0) is 18.7. The first-order valence-electron chi connectivity index (χ1n) is 8.28. The summed E-state index contributed by atoms with van der Waals surface area (Å²) in [6, 6.07) is 15.4. The van der Waals surface area contributed by atoms with Gasteiger partial charge in [0.05, 0.1) is 10.5 Å². The molecule has 0 N–H and O–H groups in total. The number of hydrogen-bond donors (Lipinski definition) is 0. The van der Waals surface area contributed by atoms with Gasteiger partial charge in [0.2, 0.25) is 10.0 Å². The SMILES string of the molecule is Cc1ccc(C(=O)N2CCN(S(=O)(=O)c3ccccc3C#N)CC2)cc1. The molecule has 0 bridgehead atoms. The second-order valence-electron chi connectivity index (χ2n) is 6.17. The number of amides is 1. The van der Waals surface area contributed by atoms with E-state index >= 15 is 0 Å². The van der Waals surface area contributed by atoms with Crippen LogP contribution in [0.25, 0.3) is 0 Å². The molecular formula is C19H19N3O3S. The molecule has 0 saturated carbocycles. The first kappa shape index (κ1) is 18.1. The Morgan fingerprint density at radius 1 is 1.00 bits per heavy atom. The number of aryl methyl sites for hydroxylation is 1. The van der Waals surface area contributed by atoms with Crippen LogP contribution in [0.3, 0.4) is 0 Å². The Morgan fingerprint density at radius 2 is 1.62 bits per heavy atom. The Labute approximate surface area is 153 Å². The summed E-state index contributed by atoms with van der Waals surface area (Å²) < 4.78 is 27.0. The molecule has 0 atom stereocenters. The van der Waals surface area contributed by atoms with Crippen molar-refractivity contribution in [1.29, 1.82) is 5.26 Å². The molecular weight excluding hydrogens is 350 g/mol. The van der Waals surface area contributed by atoms with E-state index in [-0.39, 0.29) is 29.5 Å². The smallest absolute Gasteiger partial charge is 0.253 e. The Bertz CT molecular complexity index is 954. The maximum Gasteiger partial charge on any atom is 0.253 e. The summed E-state index contributed by atoms with van der Waals surface area (Å²) in [5.41, 5.74) is 1.81. The molecule has 2 aromatic carbocycles. The number of piperazine rings is 1. The summed E-state index contributed by atoms with van der Waals surface area (Å²) in [7, 11) is -3.75. The van der Waals surface area contributed by atoms with Crippen LogP contribution in [0.2, 0.25) is 0 Å². The van der Waals surface area contributed by atoms with Gasteiger partial charge in [0, 0.05) is 31.7 Å². The molecule has 134 valence electrons. The number of carbonyl (C=O) groups is 1. The molecule has 7 heteroatoms. The van der Waals surface area contributed by atoms with Gasteiger partial charge in [-0.1, -0.05) is 29.8 Å². The first-order chi connectivity index (χ1) is 12.4. The topological polar surface area (TPSA) is 81.5 Å². The fourth-order valence-electron chi connectivity index (χ4n) is 2.93. The van der Waals surface area contributed by atoms with Gasteiger partial charge >= 0.3 is 0 Å². The summed E-state index contributed by atoms with van der Waals surface area (Å²) in [5.74, 6) is -0.0977. The molecule has 1 aliphatic heterocycles. The predicted molar refractivity (Wildman–Crippen MR) is 97.0 cm³/mol. The third kappa shape index (κ3) is 3.47. The van der Waals surface area contributed by atoms with E-state index in [1.807, 2.05) is 25.1 Å². The molecule has 1 fully saturated rings. The normalized spacial score (nSPS) is 15.5. The van der Waals surface area contributed by atoms with Crippen LogP contribution in [0.4, 0.5) is 0 Å². The third-order valence-electron chi connectivity index (χ3n) is 4.45. The minimum absolute atomic E-state index is 0.0146. The van der Waals surface area contributed by atoms with E-state index in [1.54, 1.807) is 29.2 Å². The largest absolute Gasteiger partial charge is 0.336 e. The van der Waals surface area contributed by atoms with Crippen molar-refractivity contribution in [2.75, 3.05) is 26.2 Å². The van der Waals surface area contributed by atoms with Gasteiger partial charge in [0.25, 0.3) is 5.91 Å². The number of sulfonamides is 1. The predicted octanol–water partition coefficient (Wildman–Crippen LogP) is 2.01. The highest BCUT2D eigenvalue weighted by Gasteiger charge is 2.31. The van der Waals surface area contributed by atoms with Crippen LogP contribution in [0.1, 0.15) is 21.5 Å². The maximum atomic E-state index is 12.8. The quantitative estimate of drug-likeness (QED) is 0.829. The van der Waals surface area contributed by atoms with Crippen LogP contribution in [-0.2, 0) is 10.0 Å². The van der Waals surface area contributed by atoms with Gasteiger partial charge in [-0.25, -0.2) is 8.42 Å². The highest BCUT2D eigenvalue weighted by atomic mass is 32.2. The lowest BCUT2D eigenvalue weighted by atomic mass is 10.1. The van der Waals surface area contributed by atoms with Crippen LogP contribution < -0.4 is 0 Å². The van der Waals surface area contributed by atoms with Gasteiger partial charge in [0.1, 0.15) is 6.07 Å². The molecule has 1 aliphatic rings. The van der Waals surface area contributed by atoms with Crippen molar-refractivity contribution in [3.63, 3.8) is 0 Å². The minimum Gasteiger partial charge on any atom is -0.336 e. The zero-order valence-electron chi connectivity index (χ0n) is 14.4. The van der Waals surface area contributed by atoms with Crippen molar-refractivity contribution in [3.05, 3.63) is 65.2 Å². The van der Waals surface area contributed by atoms with Crippen molar-refractivity contribution in [3.8, 4) is 6.07 Å². The van der Waals surface area contributed by atoms with Crippen molar-refractivity contribution in [2.24, 2.45) is 0 Å². The molecule has 1 amide bonds. The summed E-state index contributed by atoms with van der Waals surface area (Å²) in [4.78, 5) is 14.2. The Morgan fingerprint density at radius 3 is 2.23 bits per heavy atom. The van der Waals surface area contributed by atoms with E-state index in [1.165, 1.54) is 16.4 Å². The molecule has 0 aromatic heterocycles. The monoisotopic (exact) mass is 369 g/mol.